The molecule has 0 bridgehead atoms. The Bertz CT molecular complexity index is 1600. The van der Waals surface area contributed by atoms with Crippen LogP contribution in [0.3, 0.4) is 0 Å². The average Bonchev–Trinajstić information content (AvgIpc) is 3.47. The monoisotopic (exact) mass is 612 g/mol. The van der Waals surface area contributed by atoms with E-state index in [1.54, 1.807) is 7.11 Å². The molecule has 0 unspecified atom stereocenters. The Morgan fingerprint density at radius 3 is 2.67 bits per heavy atom. The number of anilines is 1. The van der Waals surface area contributed by atoms with Gasteiger partial charge in [0.05, 0.1) is 23.3 Å². The van der Waals surface area contributed by atoms with Crippen molar-refractivity contribution in [3.63, 3.8) is 0 Å². The SMILES string of the molecule is COc1cc(C=Nc2ccc([C@@H]3Nc4ccc(C)cc4[C@H]4C=CC[C@H]43)cc2)cc(Br)c1OCc1ccccc1Cl. The molecule has 0 fully saturated rings. The molecule has 0 saturated heterocycles. The molecule has 0 saturated carbocycles. The van der Waals surface area contributed by atoms with Gasteiger partial charge in [-0.25, -0.2) is 0 Å². The van der Waals surface area contributed by atoms with Gasteiger partial charge in [0, 0.05) is 28.4 Å². The largest absolute Gasteiger partial charge is 0.493 e. The Hall–Kier alpha value is -3.54. The molecular weight excluding hydrogens is 584 g/mol. The van der Waals surface area contributed by atoms with Crippen LogP contribution >= 0.6 is 27.5 Å². The minimum absolute atomic E-state index is 0.270. The van der Waals surface area contributed by atoms with E-state index in [1.807, 2.05) is 42.6 Å². The molecular formula is C34H30BrClN2O2. The number of halogens is 2. The number of hydrogen-bond donors (Lipinski definition) is 1. The predicted octanol–water partition coefficient (Wildman–Crippen LogP) is 9.58. The van der Waals surface area contributed by atoms with Gasteiger partial charge in [0.25, 0.3) is 0 Å². The van der Waals surface area contributed by atoms with Crippen LogP contribution in [0.1, 0.15) is 46.2 Å². The Labute approximate surface area is 248 Å². The molecule has 0 spiro atoms. The topological polar surface area (TPSA) is 42.8 Å². The lowest BCUT2D eigenvalue weighted by atomic mass is 9.76. The van der Waals surface area contributed by atoms with Gasteiger partial charge >= 0.3 is 0 Å². The number of nitrogens with zero attached hydrogens (tertiary/aromatic N) is 1. The van der Waals surface area contributed by atoms with Gasteiger partial charge in [0.1, 0.15) is 6.61 Å². The third-order valence-corrected chi connectivity index (χ3v) is 8.67. The summed E-state index contributed by atoms with van der Waals surface area (Å²) in [6, 6.07) is 27.1. The number of fused-ring (bicyclic) bond motifs is 3. The number of ether oxygens (including phenoxy) is 2. The maximum atomic E-state index is 6.28. The number of hydrogen-bond acceptors (Lipinski definition) is 4. The van der Waals surface area contributed by atoms with Crippen molar-refractivity contribution in [1.29, 1.82) is 0 Å². The number of aliphatic imine (C=N–C) groups is 1. The van der Waals surface area contributed by atoms with Gasteiger partial charge in [-0.1, -0.05) is 71.8 Å². The van der Waals surface area contributed by atoms with Crippen molar-refractivity contribution in [2.45, 2.75) is 31.9 Å². The van der Waals surface area contributed by atoms with E-state index in [0.717, 1.165) is 27.7 Å². The highest BCUT2D eigenvalue weighted by molar-refractivity contribution is 9.10. The molecule has 4 aromatic rings. The number of allylic oxidation sites excluding steroid dienone is 2. The molecule has 1 aliphatic heterocycles. The third-order valence-electron chi connectivity index (χ3n) is 7.71. The number of nitrogens with one attached hydrogen (secondary N) is 1. The van der Waals surface area contributed by atoms with Crippen molar-refractivity contribution in [3.8, 4) is 11.5 Å². The molecule has 6 heteroatoms. The van der Waals surface area contributed by atoms with Gasteiger partial charge in [0.2, 0.25) is 0 Å². The Kier molecular flexibility index (Phi) is 7.68. The molecule has 0 amide bonds. The average molecular weight is 614 g/mol. The summed E-state index contributed by atoms with van der Waals surface area (Å²) in [6.07, 6.45) is 7.65. The van der Waals surface area contributed by atoms with Crippen molar-refractivity contribution in [1.82, 2.24) is 0 Å². The van der Waals surface area contributed by atoms with Crippen molar-refractivity contribution in [2.24, 2.45) is 10.9 Å². The molecule has 1 heterocycles. The molecule has 6 rings (SSSR count). The predicted molar refractivity (Wildman–Crippen MR) is 168 cm³/mol. The van der Waals surface area contributed by atoms with E-state index in [4.69, 9.17) is 26.1 Å². The van der Waals surface area contributed by atoms with Gasteiger partial charge in [-0.2, -0.15) is 0 Å². The van der Waals surface area contributed by atoms with Gasteiger partial charge in [-0.05, 0) is 88.3 Å². The van der Waals surface area contributed by atoms with Gasteiger partial charge in [-0.15, -0.1) is 0 Å². The van der Waals surface area contributed by atoms with Crippen LogP contribution in [-0.2, 0) is 6.61 Å². The standard InChI is InChI=1S/C34H30BrClN2O2/c1-21-10-15-31-28(16-21)26-7-5-8-27(26)33(38-31)23-11-13-25(14-12-23)37-19-22-17-29(35)34(32(18-22)39-2)40-20-24-6-3-4-9-30(24)36/h3-7,9-19,26-27,33,38H,8,20H2,1-2H3/t26-,27+,33-/m0/s1. The highest BCUT2D eigenvalue weighted by atomic mass is 79.9. The van der Waals surface area contributed by atoms with Crippen LogP contribution in [-0.4, -0.2) is 13.3 Å². The minimum atomic E-state index is 0.270. The van der Waals surface area contributed by atoms with Crippen LogP contribution in [0.15, 0.2) is 100 Å². The zero-order valence-electron chi connectivity index (χ0n) is 22.4. The first-order valence-corrected chi connectivity index (χ1v) is 14.6. The maximum absolute atomic E-state index is 6.28. The summed E-state index contributed by atoms with van der Waals surface area (Å²) < 4.78 is 12.5. The summed E-state index contributed by atoms with van der Waals surface area (Å²) in [6.45, 7) is 2.51. The van der Waals surface area contributed by atoms with Crippen molar-refractivity contribution in [2.75, 3.05) is 12.4 Å². The van der Waals surface area contributed by atoms with E-state index in [9.17, 15) is 0 Å². The first kappa shape index (κ1) is 26.7. The smallest absolute Gasteiger partial charge is 0.175 e. The number of methoxy groups -OCH3 is 1. The third kappa shape index (κ3) is 5.41. The second-order valence-electron chi connectivity index (χ2n) is 10.3. The van der Waals surface area contributed by atoms with Crippen LogP contribution < -0.4 is 14.8 Å². The van der Waals surface area contributed by atoms with Crippen molar-refractivity contribution in [3.05, 3.63) is 128 Å². The first-order chi connectivity index (χ1) is 19.5. The molecule has 0 aromatic heterocycles. The number of benzene rings is 4. The highest BCUT2D eigenvalue weighted by Crippen LogP contribution is 2.50. The fraction of sp³-hybridized carbons (Fsp3) is 0.206. The zero-order chi connectivity index (χ0) is 27.6. The van der Waals surface area contributed by atoms with Gasteiger partial charge < -0.3 is 14.8 Å². The van der Waals surface area contributed by atoms with Crippen LogP contribution in [0.25, 0.3) is 0 Å². The van der Waals surface area contributed by atoms with E-state index in [2.05, 4.69) is 82.8 Å². The van der Waals surface area contributed by atoms with E-state index in [-0.39, 0.29) is 6.04 Å². The Balaban J connectivity index is 1.17. The minimum Gasteiger partial charge on any atom is -0.493 e. The molecule has 3 atom stereocenters. The number of aryl methyl sites for hydroxylation is 1. The Morgan fingerprint density at radius 1 is 1.05 bits per heavy atom. The second kappa shape index (κ2) is 11.5. The molecule has 1 aliphatic carbocycles. The van der Waals surface area contributed by atoms with Crippen molar-refractivity contribution >= 4 is 45.1 Å². The van der Waals surface area contributed by atoms with Crippen LogP contribution in [0, 0.1) is 12.8 Å². The molecule has 4 nitrogen and oxygen atoms in total. The molecule has 0 radical (unpaired) electrons. The molecule has 2 aliphatic rings. The van der Waals surface area contributed by atoms with Crippen LogP contribution in [0.2, 0.25) is 5.02 Å². The summed E-state index contributed by atoms with van der Waals surface area (Å²) in [4.78, 5) is 4.73. The number of rotatable bonds is 7. The van der Waals surface area contributed by atoms with E-state index < -0.39 is 0 Å². The fourth-order valence-corrected chi connectivity index (χ4v) is 6.44. The van der Waals surface area contributed by atoms with Crippen LogP contribution in [0.5, 0.6) is 11.5 Å². The van der Waals surface area contributed by atoms with E-state index >= 15 is 0 Å². The second-order valence-corrected chi connectivity index (χ2v) is 11.6. The summed E-state index contributed by atoms with van der Waals surface area (Å²) >= 11 is 9.92. The summed E-state index contributed by atoms with van der Waals surface area (Å²) in [5.41, 5.74) is 7.96. The van der Waals surface area contributed by atoms with Gasteiger partial charge in [0.15, 0.2) is 11.5 Å². The molecule has 202 valence electrons. The summed E-state index contributed by atoms with van der Waals surface area (Å²) in [7, 11) is 1.63. The normalized spacial score (nSPS) is 19.2. The Morgan fingerprint density at radius 2 is 1.88 bits per heavy atom. The molecule has 4 aromatic carbocycles. The lowest BCUT2D eigenvalue weighted by Gasteiger charge is -2.37. The summed E-state index contributed by atoms with van der Waals surface area (Å²) in [5.74, 6) is 2.23. The van der Waals surface area contributed by atoms with Crippen molar-refractivity contribution < 1.29 is 9.47 Å². The maximum Gasteiger partial charge on any atom is 0.175 e. The lowest BCUT2D eigenvalue weighted by molar-refractivity contribution is 0.282. The van der Waals surface area contributed by atoms with E-state index in [1.165, 1.54) is 22.4 Å². The zero-order valence-corrected chi connectivity index (χ0v) is 24.7. The lowest BCUT2D eigenvalue weighted by Crippen LogP contribution is -2.29. The summed E-state index contributed by atoms with van der Waals surface area (Å²) in [5, 5.41) is 4.49. The molecule has 40 heavy (non-hydrogen) atoms. The fourth-order valence-electron chi connectivity index (χ4n) is 5.68. The first-order valence-electron chi connectivity index (χ1n) is 13.4. The molecule has 1 N–H and O–H groups in total. The van der Waals surface area contributed by atoms with E-state index in [0.29, 0.717) is 35.0 Å². The quantitative estimate of drug-likeness (QED) is 0.167. The highest BCUT2D eigenvalue weighted by Gasteiger charge is 2.37. The van der Waals surface area contributed by atoms with Gasteiger partial charge in [-0.3, -0.25) is 4.99 Å². The van der Waals surface area contributed by atoms with Crippen LogP contribution in [0.4, 0.5) is 11.4 Å².